The number of rotatable bonds is 4. The topological polar surface area (TPSA) is 92.1 Å². The summed E-state index contributed by atoms with van der Waals surface area (Å²) in [7, 11) is 0. The Kier molecular flexibility index (Phi) is 4.97. The Labute approximate surface area is 159 Å². The molecule has 27 heavy (non-hydrogen) atoms. The fourth-order valence-corrected chi connectivity index (χ4v) is 4.40. The summed E-state index contributed by atoms with van der Waals surface area (Å²) >= 11 is 0. The number of nitrogens with two attached hydrogens (primary N) is 1. The predicted octanol–water partition coefficient (Wildman–Crippen LogP) is 3.07. The molecule has 2 aromatic rings. The average molecular weight is 366 g/mol. The van der Waals surface area contributed by atoms with Crippen molar-refractivity contribution in [3.8, 4) is 11.3 Å². The Morgan fingerprint density at radius 3 is 2.52 bits per heavy atom. The first-order valence-corrected chi connectivity index (χ1v) is 9.87. The molecule has 2 amide bonds. The first-order valence-electron chi connectivity index (χ1n) is 9.87. The van der Waals surface area contributed by atoms with Gasteiger partial charge in [-0.05, 0) is 25.7 Å². The fraction of sp³-hybridized carbons (Fsp3) is 0.476. The molecule has 3 N–H and O–H groups in total. The summed E-state index contributed by atoms with van der Waals surface area (Å²) in [6.45, 7) is 1.48. The highest BCUT2D eigenvalue weighted by atomic mass is 16.2. The molecule has 2 aliphatic rings. The van der Waals surface area contributed by atoms with Crippen LogP contribution in [-0.4, -0.2) is 39.8 Å². The third kappa shape index (κ3) is 3.61. The number of primary amides is 1. The molecule has 6 heteroatoms. The Hall–Kier alpha value is -2.63. The summed E-state index contributed by atoms with van der Waals surface area (Å²) in [5, 5.41) is 0. The lowest BCUT2D eigenvalue weighted by atomic mass is 9.95. The number of hydrogen-bond donors (Lipinski definition) is 2. The molecule has 0 bridgehead atoms. The van der Waals surface area contributed by atoms with Crippen LogP contribution >= 0.6 is 0 Å². The van der Waals surface area contributed by atoms with E-state index in [1.807, 2.05) is 35.2 Å². The number of carbonyl (C=O) groups is 2. The predicted molar refractivity (Wildman–Crippen MR) is 103 cm³/mol. The minimum Gasteiger partial charge on any atom is -0.364 e. The van der Waals surface area contributed by atoms with E-state index in [4.69, 9.17) is 10.7 Å². The summed E-state index contributed by atoms with van der Waals surface area (Å²) in [5.41, 5.74) is 7.38. The molecule has 6 nitrogen and oxygen atoms in total. The lowest BCUT2D eigenvalue weighted by Gasteiger charge is -2.33. The highest BCUT2D eigenvalue weighted by Gasteiger charge is 2.32. The van der Waals surface area contributed by atoms with Gasteiger partial charge >= 0.3 is 0 Å². The zero-order valence-corrected chi connectivity index (χ0v) is 15.5. The molecule has 1 aromatic carbocycles. The van der Waals surface area contributed by atoms with Crippen molar-refractivity contribution in [2.75, 3.05) is 13.1 Å². The molecule has 0 spiro atoms. The lowest BCUT2D eigenvalue weighted by molar-refractivity contribution is -0.136. The minimum absolute atomic E-state index is 0.111. The number of piperidine rings is 1. The molecular formula is C21H26N4O2. The first kappa shape index (κ1) is 17.8. The number of benzene rings is 1. The zero-order chi connectivity index (χ0) is 18.8. The van der Waals surface area contributed by atoms with Crippen molar-refractivity contribution >= 4 is 11.8 Å². The average Bonchev–Trinajstić information content (AvgIpc) is 3.38. The number of imidazole rings is 1. The molecule has 4 rings (SSSR count). The zero-order valence-electron chi connectivity index (χ0n) is 15.5. The molecule has 1 saturated heterocycles. The Morgan fingerprint density at radius 2 is 1.81 bits per heavy atom. The van der Waals surface area contributed by atoms with E-state index in [1.165, 1.54) is 0 Å². The standard InChI is InChI=1S/C21H26N4O2/c22-19(26)18-17(14-7-2-1-3-8-14)23-20(24-18)16-11-6-12-25(13-16)21(27)15-9-4-5-10-15/h1-3,7-8,15-16H,4-6,9-13H2,(H2,22,26)(H,23,24). The second-order valence-electron chi connectivity index (χ2n) is 7.68. The van der Waals surface area contributed by atoms with Gasteiger partial charge in [-0.1, -0.05) is 43.2 Å². The van der Waals surface area contributed by atoms with Crippen molar-refractivity contribution in [3.63, 3.8) is 0 Å². The van der Waals surface area contributed by atoms with Crippen molar-refractivity contribution in [1.29, 1.82) is 0 Å². The molecule has 1 atom stereocenters. The van der Waals surface area contributed by atoms with E-state index in [1.54, 1.807) is 0 Å². The van der Waals surface area contributed by atoms with Crippen LogP contribution in [0, 0.1) is 5.92 Å². The Morgan fingerprint density at radius 1 is 1.07 bits per heavy atom. The van der Waals surface area contributed by atoms with Crippen LogP contribution in [0.1, 0.15) is 60.8 Å². The van der Waals surface area contributed by atoms with E-state index >= 15 is 0 Å². The normalized spacial score (nSPS) is 20.7. The maximum atomic E-state index is 12.8. The number of hydrogen-bond acceptors (Lipinski definition) is 3. The van der Waals surface area contributed by atoms with Crippen LogP contribution in [0.3, 0.4) is 0 Å². The van der Waals surface area contributed by atoms with Gasteiger partial charge in [0.1, 0.15) is 17.2 Å². The van der Waals surface area contributed by atoms with Gasteiger partial charge in [0, 0.05) is 30.5 Å². The lowest BCUT2D eigenvalue weighted by Crippen LogP contribution is -2.42. The molecule has 1 aromatic heterocycles. The molecule has 2 fully saturated rings. The molecule has 1 unspecified atom stereocenters. The van der Waals surface area contributed by atoms with Gasteiger partial charge < -0.3 is 15.6 Å². The third-order valence-corrected chi connectivity index (χ3v) is 5.84. The van der Waals surface area contributed by atoms with Crippen LogP contribution < -0.4 is 5.73 Å². The van der Waals surface area contributed by atoms with Gasteiger partial charge in [-0.15, -0.1) is 0 Å². The van der Waals surface area contributed by atoms with Crippen LogP contribution in [0.25, 0.3) is 11.3 Å². The van der Waals surface area contributed by atoms with Crippen LogP contribution in [0.5, 0.6) is 0 Å². The highest BCUT2D eigenvalue weighted by Crippen LogP contribution is 2.32. The van der Waals surface area contributed by atoms with Crippen molar-refractivity contribution in [2.24, 2.45) is 11.7 Å². The highest BCUT2D eigenvalue weighted by molar-refractivity contribution is 5.97. The molecular weight excluding hydrogens is 340 g/mol. The second kappa shape index (κ2) is 7.55. The van der Waals surface area contributed by atoms with Crippen molar-refractivity contribution < 1.29 is 9.59 Å². The van der Waals surface area contributed by atoms with E-state index in [0.29, 0.717) is 23.8 Å². The van der Waals surface area contributed by atoms with Gasteiger partial charge in [-0.2, -0.15) is 0 Å². The molecule has 2 heterocycles. The molecule has 142 valence electrons. The van der Waals surface area contributed by atoms with Gasteiger partial charge in [0.05, 0.1) is 0 Å². The molecule has 1 saturated carbocycles. The number of likely N-dealkylation sites (tertiary alicyclic amines) is 1. The van der Waals surface area contributed by atoms with Crippen LogP contribution in [0.2, 0.25) is 0 Å². The third-order valence-electron chi connectivity index (χ3n) is 5.84. The summed E-state index contributed by atoms with van der Waals surface area (Å²) in [6, 6.07) is 9.59. The van der Waals surface area contributed by atoms with E-state index < -0.39 is 5.91 Å². The number of nitrogens with zero attached hydrogens (tertiary/aromatic N) is 2. The van der Waals surface area contributed by atoms with Gasteiger partial charge in [-0.25, -0.2) is 4.98 Å². The van der Waals surface area contributed by atoms with Crippen LogP contribution in [0.15, 0.2) is 30.3 Å². The summed E-state index contributed by atoms with van der Waals surface area (Å²) in [6.07, 6.45) is 6.27. The number of carbonyl (C=O) groups excluding carboxylic acids is 2. The van der Waals surface area contributed by atoms with Gasteiger partial charge in [0.25, 0.3) is 5.91 Å². The number of aromatic nitrogens is 2. The number of amides is 2. The van der Waals surface area contributed by atoms with E-state index in [9.17, 15) is 9.59 Å². The Balaban J connectivity index is 1.57. The number of nitrogens with one attached hydrogen (secondary N) is 1. The van der Waals surface area contributed by atoms with Gasteiger partial charge in [-0.3, -0.25) is 9.59 Å². The number of H-pyrrole nitrogens is 1. The van der Waals surface area contributed by atoms with E-state index in [-0.39, 0.29) is 11.8 Å². The van der Waals surface area contributed by atoms with Gasteiger partial charge in [0.15, 0.2) is 0 Å². The quantitative estimate of drug-likeness (QED) is 0.871. The largest absolute Gasteiger partial charge is 0.364 e. The maximum Gasteiger partial charge on any atom is 0.267 e. The second-order valence-corrected chi connectivity index (χ2v) is 7.68. The van der Waals surface area contributed by atoms with Crippen LogP contribution in [-0.2, 0) is 4.79 Å². The summed E-state index contributed by atoms with van der Waals surface area (Å²) in [4.78, 5) is 34.6. The van der Waals surface area contributed by atoms with E-state index in [2.05, 4.69) is 4.98 Å². The monoisotopic (exact) mass is 366 g/mol. The van der Waals surface area contributed by atoms with Crippen LogP contribution in [0.4, 0.5) is 0 Å². The van der Waals surface area contributed by atoms with E-state index in [0.717, 1.165) is 56.5 Å². The Bertz CT molecular complexity index is 824. The minimum atomic E-state index is -0.512. The van der Waals surface area contributed by atoms with Crippen molar-refractivity contribution in [2.45, 2.75) is 44.4 Å². The van der Waals surface area contributed by atoms with Crippen molar-refractivity contribution in [1.82, 2.24) is 14.9 Å². The van der Waals surface area contributed by atoms with Crippen molar-refractivity contribution in [3.05, 3.63) is 41.9 Å². The summed E-state index contributed by atoms with van der Waals surface area (Å²) < 4.78 is 0. The first-order chi connectivity index (χ1) is 13.1. The molecule has 1 aliphatic heterocycles. The fourth-order valence-electron chi connectivity index (χ4n) is 4.40. The van der Waals surface area contributed by atoms with Gasteiger partial charge in [0.2, 0.25) is 5.91 Å². The number of aromatic amines is 1. The molecule has 0 radical (unpaired) electrons. The summed E-state index contributed by atoms with van der Waals surface area (Å²) in [5.74, 6) is 0.845. The molecule has 1 aliphatic carbocycles. The SMILES string of the molecule is NC(=O)c1[nH]c(C2CCCN(C(=O)C3CCCC3)C2)nc1-c1ccccc1. The smallest absolute Gasteiger partial charge is 0.267 e. The maximum absolute atomic E-state index is 12.8.